The van der Waals surface area contributed by atoms with Gasteiger partial charge in [0.25, 0.3) is 11.3 Å². The molecule has 0 radical (unpaired) electrons. The van der Waals surface area contributed by atoms with Gasteiger partial charge in [-0.05, 0) is 43.4 Å². The highest BCUT2D eigenvalue weighted by atomic mass is 35.5. The Hall–Kier alpha value is -3.20. The van der Waals surface area contributed by atoms with Gasteiger partial charge < -0.3 is 8.94 Å². The van der Waals surface area contributed by atoms with Crippen molar-refractivity contribution in [2.75, 3.05) is 0 Å². The average Bonchev–Trinajstić information content (AvgIpc) is 3.21. The number of benzene rings is 1. The van der Waals surface area contributed by atoms with E-state index in [1.54, 1.807) is 6.92 Å². The number of aromatic nitrogens is 5. The van der Waals surface area contributed by atoms with Crippen molar-refractivity contribution in [3.63, 3.8) is 0 Å². The molecule has 1 aromatic carbocycles. The zero-order valence-electron chi connectivity index (χ0n) is 15.4. The summed E-state index contributed by atoms with van der Waals surface area (Å²) in [6.07, 6.45) is 2.91. The van der Waals surface area contributed by atoms with Gasteiger partial charge in [0.1, 0.15) is 18.3 Å². The first-order valence-corrected chi connectivity index (χ1v) is 9.53. The van der Waals surface area contributed by atoms with E-state index >= 15 is 0 Å². The molecule has 0 spiro atoms. The predicted octanol–water partition coefficient (Wildman–Crippen LogP) is 2.66. The molecule has 0 saturated heterocycles. The molecule has 0 amide bonds. The lowest BCUT2D eigenvalue weighted by molar-refractivity contribution is 0.233. The number of aryl methyl sites for hydroxylation is 1. The van der Waals surface area contributed by atoms with Gasteiger partial charge in [-0.15, -0.1) is 5.10 Å². The molecule has 3 heterocycles. The number of hydrogen-bond acceptors (Lipinski definition) is 7. The lowest BCUT2D eigenvalue weighted by atomic mass is 9.76. The van der Waals surface area contributed by atoms with Crippen molar-refractivity contribution in [2.45, 2.75) is 38.3 Å². The summed E-state index contributed by atoms with van der Waals surface area (Å²) in [4.78, 5) is 28.9. The van der Waals surface area contributed by atoms with Crippen molar-refractivity contribution in [3.8, 4) is 0 Å². The van der Waals surface area contributed by atoms with E-state index in [1.807, 2.05) is 24.3 Å². The summed E-state index contributed by atoms with van der Waals surface area (Å²) in [5.74, 6) is -0.0137. The minimum atomic E-state index is -0.525. The first-order valence-electron chi connectivity index (χ1n) is 9.15. The minimum Gasteiger partial charge on any atom is -0.390 e. The summed E-state index contributed by atoms with van der Waals surface area (Å²) in [5, 5.41) is 9.05. The second kappa shape index (κ2) is 6.70. The van der Waals surface area contributed by atoms with E-state index in [1.165, 1.54) is 21.1 Å². The molecule has 10 heteroatoms. The van der Waals surface area contributed by atoms with E-state index < -0.39 is 5.76 Å². The van der Waals surface area contributed by atoms with Gasteiger partial charge in [0.05, 0.1) is 11.7 Å². The maximum Gasteiger partial charge on any atom is 0.437 e. The fourth-order valence-electron chi connectivity index (χ4n) is 3.69. The van der Waals surface area contributed by atoms with Crippen molar-refractivity contribution in [1.82, 2.24) is 24.5 Å². The normalized spacial score (nSPS) is 18.8. The first kappa shape index (κ1) is 17.9. The molecule has 0 unspecified atom stereocenters. The predicted molar refractivity (Wildman–Crippen MR) is 103 cm³/mol. The summed E-state index contributed by atoms with van der Waals surface area (Å²) in [6.45, 7) is 1.67. The molecule has 0 bridgehead atoms. The van der Waals surface area contributed by atoms with Crippen LogP contribution in [0.25, 0.3) is 11.1 Å². The number of halogens is 1. The monoisotopic (exact) mass is 413 g/mol. The molecule has 1 aliphatic rings. The SMILES string of the molecule is Cc1noc2ncn(Cc3nn([C@H]4C[C@H](c5ccc(Cl)cc5)C4)c(=O)o3)c(=O)c12. The summed E-state index contributed by atoms with van der Waals surface area (Å²) in [7, 11) is 0. The first-order chi connectivity index (χ1) is 14.0. The second-order valence-corrected chi connectivity index (χ2v) is 7.64. The van der Waals surface area contributed by atoms with E-state index in [9.17, 15) is 9.59 Å². The Kier molecular flexibility index (Phi) is 4.13. The van der Waals surface area contributed by atoms with E-state index in [0.717, 1.165) is 12.8 Å². The molecule has 1 saturated carbocycles. The zero-order valence-corrected chi connectivity index (χ0v) is 16.2. The third kappa shape index (κ3) is 3.07. The van der Waals surface area contributed by atoms with Gasteiger partial charge in [0.2, 0.25) is 5.89 Å². The van der Waals surface area contributed by atoms with Gasteiger partial charge in [0.15, 0.2) is 0 Å². The molecule has 148 valence electrons. The van der Waals surface area contributed by atoms with Crippen LogP contribution in [0.1, 0.15) is 41.9 Å². The lowest BCUT2D eigenvalue weighted by Crippen LogP contribution is -2.31. The number of fused-ring (bicyclic) bond motifs is 1. The Labute approximate surface area is 168 Å². The summed E-state index contributed by atoms with van der Waals surface area (Å²) in [6, 6.07) is 7.71. The highest BCUT2D eigenvalue weighted by molar-refractivity contribution is 6.30. The van der Waals surface area contributed by atoms with Crippen molar-refractivity contribution in [2.24, 2.45) is 0 Å². The molecule has 0 aliphatic heterocycles. The van der Waals surface area contributed by atoms with Crippen LogP contribution in [0.2, 0.25) is 5.02 Å². The van der Waals surface area contributed by atoms with Crippen LogP contribution in [0.4, 0.5) is 0 Å². The van der Waals surface area contributed by atoms with E-state index in [0.29, 0.717) is 22.0 Å². The maximum absolute atomic E-state index is 12.6. The molecule has 0 N–H and O–H groups in total. The third-order valence-corrected chi connectivity index (χ3v) is 5.60. The standard InChI is InChI=1S/C19H16ClN5O4/c1-10-16-17(29-23-10)21-9-24(18(16)26)8-15-22-25(19(27)28-15)14-6-12(7-14)11-2-4-13(20)5-3-11/h2-5,9,12,14H,6-8H2,1H3/t12-,14-. The molecule has 0 atom stereocenters. The van der Waals surface area contributed by atoms with Gasteiger partial charge in [-0.25, -0.2) is 9.78 Å². The van der Waals surface area contributed by atoms with Crippen molar-refractivity contribution in [1.29, 1.82) is 0 Å². The van der Waals surface area contributed by atoms with Crippen molar-refractivity contribution >= 4 is 22.7 Å². The van der Waals surface area contributed by atoms with Crippen LogP contribution in [-0.2, 0) is 6.54 Å². The van der Waals surface area contributed by atoms with E-state index in [-0.39, 0.29) is 29.8 Å². The quantitative estimate of drug-likeness (QED) is 0.505. The Morgan fingerprint density at radius 1 is 1.21 bits per heavy atom. The Morgan fingerprint density at radius 2 is 1.97 bits per heavy atom. The summed E-state index contributed by atoms with van der Waals surface area (Å²) < 4.78 is 12.9. The largest absolute Gasteiger partial charge is 0.437 e. The average molecular weight is 414 g/mol. The molecule has 1 aliphatic carbocycles. The lowest BCUT2D eigenvalue weighted by Gasteiger charge is -2.34. The highest BCUT2D eigenvalue weighted by Gasteiger charge is 2.34. The van der Waals surface area contributed by atoms with Crippen LogP contribution in [0.15, 0.2) is 49.1 Å². The number of rotatable bonds is 4. The molecule has 29 heavy (non-hydrogen) atoms. The molecule has 1 fully saturated rings. The molecule has 5 rings (SSSR count). The van der Waals surface area contributed by atoms with Crippen molar-refractivity contribution < 1.29 is 8.94 Å². The summed E-state index contributed by atoms with van der Waals surface area (Å²) in [5.41, 5.74) is 1.51. The molecule has 3 aromatic heterocycles. The number of nitrogens with zero attached hydrogens (tertiary/aromatic N) is 5. The van der Waals surface area contributed by atoms with Gasteiger partial charge >= 0.3 is 5.76 Å². The van der Waals surface area contributed by atoms with Crippen LogP contribution in [-0.4, -0.2) is 24.5 Å². The topological polar surface area (TPSA) is 109 Å². The smallest absolute Gasteiger partial charge is 0.390 e. The van der Waals surface area contributed by atoms with Crippen molar-refractivity contribution in [3.05, 3.63) is 73.7 Å². The Bertz CT molecular complexity index is 1310. The molecular weight excluding hydrogens is 398 g/mol. The van der Waals surface area contributed by atoms with Gasteiger partial charge in [-0.2, -0.15) is 4.68 Å². The van der Waals surface area contributed by atoms with Gasteiger partial charge in [0, 0.05) is 5.02 Å². The van der Waals surface area contributed by atoms with Crippen LogP contribution in [0.5, 0.6) is 0 Å². The Morgan fingerprint density at radius 3 is 2.72 bits per heavy atom. The van der Waals surface area contributed by atoms with Crippen LogP contribution < -0.4 is 11.3 Å². The maximum atomic E-state index is 12.6. The van der Waals surface area contributed by atoms with Gasteiger partial charge in [-0.3, -0.25) is 9.36 Å². The molecular formula is C19H16ClN5O4. The Balaban J connectivity index is 1.35. The zero-order chi connectivity index (χ0) is 20.1. The van der Waals surface area contributed by atoms with Crippen LogP contribution in [0.3, 0.4) is 0 Å². The minimum absolute atomic E-state index is 0.00195. The fourth-order valence-corrected chi connectivity index (χ4v) is 3.81. The van der Waals surface area contributed by atoms with E-state index in [4.69, 9.17) is 20.5 Å². The molecule has 9 nitrogen and oxygen atoms in total. The fraction of sp³-hybridized carbons (Fsp3) is 0.316. The summed E-state index contributed by atoms with van der Waals surface area (Å²) >= 11 is 5.93. The second-order valence-electron chi connectivity index (χ2n) is 7.21. The van der Waals surface area contributed by atoms with E-state index in [2.05, 4.69) is 15.2 Å². The number of hydrogen-bond donors (Lipinski definition) is 0. The third-order valence-electron chi connectivity index (χ3n) is 5.35. The highest BCUT2D eigenvalue weighted by Crippen LogP contribution is 2.43. The molecule has 4 aromatic rings. The van der Waals surface area contributed by atoms with Crippen LogP contribution >= 0.6 is 11.6 Å². The van der Waals surface area contributed by atoms with Gasteiger partial charge in [-0.1, -0.05) is 28.9 Å². The van der Waals surface area contributed by atoms with Crippen LogP contribution in [0, 0.1) is 6.92 Å².